The molecule has 0 radical (unpaired) electrons. The number of rotatable bonds is 9. The van der Waals surface area contributed by atoms with Crippen LogP contribution >= 0.6 is 11.6 Å². The summed E-state index contributed by atoms with van der Waals surface area (Å²) in [6, 6.07) is 13.7. The van der Waals surface area contributed by atoms with E-state index in [4.69, 9.17) is 16.3 Å². The number of nitrogens with zero attached hydrogens (tertiary/aromatic N) is 2. The number of nitrogens with one attached hydrogen (secondary N) is 1. The lowest BCUT2D eigenvalue weighted by molar-refractivity contribution is -0.122. The van der Waals surface area contributed by atoms with Crippen molar-refractivity contribution >= 4 is 33.2 Å². The maximum Gasteiger partial charge on any atom is 0.244 e. The Morgan fingerprint density at radius 2 is 1.81 bits per heavy atom. The fraction of sp³-hybridized carbons (Fsp3) is 0.435. The molecule has 1 atom stereocenters. The van der Waals surface area contributed by atoms with Crippen molar-refractivity contribution in [1.29, 1.82) is 0 Å². The van der Waals surface area contributed by atoms with Gasteiger partial charge in [-0.15, -0.1) is 0 Å². The summed E-state index contributed by atoms with van der Waals surface area (Å²) in [6.45, 7) is 6.37. The predicted molar refractivity (Wildman–Crippen MR) is 127 cm³/mol. The van der Waals surface area contributed by atoms with Gasteiger partial charge in [0.2, 0.25) is 15.9 Å². The number of ether oxygens (including phenoxy) is 1. The van der Waals surface area contributed by atoms with Crippen LogP contribution < -0.4 is 9.62 Å². The van der Waals surface area contributed by atoms with Crippen LogP contribution in [0.25, 0.3) is 0 Å². The van der Waals surface area contributed by atoms with Crippen LogP contribution in [0.5, 0.6) is 0 Å². The maximum absolute atomic E-state index is 13.0. The predicted octanol–water partition coefficient (Wildman–Crippen LogP) is 3.03. The van der Waals surface area contributed by atoms with Crippen molar-refractivity contribution in [3.8, 4) is 0 Å². The molecule has 7 nitrogen and oxygen atoms in total. The number of hydrogen-bond donors (Lipinski definition) is 1. The highest BCUT2D eigenvalue weighted by atomic mass is 35.5. The Labute approximate surface area is 195 Å². The number of morpholine rings is 1. The second kappa shape index (κ2) is 11.1. The van der Waals surface area contributed by atoms with Crippen molar-refractivity contribution in [2.45, 2.75) is 32.5 Å². The molecule has 2 aromatic rings. The SMILES string of the molecule is CCC(C(=O)NCc1ccc(CN2CCOCC2)cc1)N(c1cccc(Cl)c1)S(C)(=O)=O. The molecule has 1 unspecified atom stereocenters. The summed E-state index contributed by atoms with van der Waals surface area (Å²) in [6.07, 6.45) is 1.42. The summed E-state index contributed by atoms with van der Waals surface area (Å²) in [7, 11) is -3.69. The third-order valence-corrected chi connectivity index (χ3v) is 6.81. The number of carbonyl (C=O) groups is 1. The molecule has 1 fully saturated rings. The standard InChI is InChI=1S/C23H30ClN3O4S/c1-3-22(27(32(2,29)30)21-6-4-5-20(24)15-21)23(28)25-16-18-7-9-19(10-8-18)17-26-11-13-31-14-12-26/h4-10,15,22H,3,11-14,16-17H2,1-2H3,(H,25,28). The molecule has 0 aromatic heterocycles. The first-order valence-electron chi connectivity index (χ1n) is 10.7. The molecule has 32 heavy (non-hydrogen) atoms. The number of hydrogen-bond acceptors (Lipinski definition) is 5. The van der Waals surface area contributed by atoms with Crippen molar-refractivity contribution in [2.24, 2.45) is 0 Å². The molecule has 1 N–H and O–H groups in total. The van der Waals surface area contributed by atoms with Crippen LogP contribution in [0.2, 0.25) is 5.02 Å². The van der Waals surface area contributed by atoms with Gasteiger partial charge in [-0.1, -0.05) is 48.9 Å². The Bertz CT molecular complexity index is 1010. The van der Waals surface area contributed by atoms with Gasteiger partial charge in [0.05, 0.1) is 25.2 Å². The third kappa shape index (κ3) is 6.68. The van der Waals surface area contributed by atoms with Crippen LogP contribution in [0.4, 0.5) is 5.69 Å². The van der Waals surface area contributed by atoms with Crippen LogP contribution in [0, 0.1) is 0 Å². The number of sulfonamides is 1. The van der Waals surface area contributed by atoms with E-state index in [0.717, 1.165) is 49.0 Å². The lowest BCUT2D eigenvalue weighted by atomic mass is 10.1. The quantitative estimate of drug-likeness (QED) is 0.598. The van der Waals surface area contributed by atoms with Crippen LogP contribution in [0.1, 0.15) is 24.5 Å². The fourth-order valence-corrected chi connectivity index (χ4v) is 5.15. The summed E-state index contributed by atoms with van der Waals surface area (Å²) < 4.78 is 31.5. The minimum atomic E-state index is -3.69. The Hall–Kier alpha value is -2.13. The molecule has 174 valence electrons. The first-order valence-corrected chi connectivity index (χ1v) is 12.9. The summed E-state index contributed by atoms with van der Waals surface area (Å²) >= 11 is 6.05. The molecule has 0 aliphatic carbocycles. The van der Waals surface area contributed by atoms with Crippen LogP contribution in [-0.2, 0) is 32.6 Å². The summed E-state index contributed by atoms with van der Waals surface area (Å²) in [5.74, 6) is -0.352. The van der Waals surface area contributed by atoms with E-state index in [1.807, 2.05) is 12.1 Å². The highest BCUT2D eigenvalue weighted by molar-refractivity contribution is 7.92. The van der Waals surface area contributed by atoms with Crippen molar-refractivity contribution in [3.63, 3.8) is 0 Å². The Morgan fingerprint density at radius 3 is 2.41 bits per heavy atom. The van der Waals surface area contributed by atoms with E-state index in [1.54, 1.807) is 31.2 Å². The van der Waals surface area contributed by atoms with Crippen molar-refractivity contribution in [1.82, 2.24) is 10.2 Å². The van der Waals surface area contributed by atoms with E-state index in [9.17, 15) is 13.2 Å². The number of benzene rings is 2. The smallest absolute Gasteiger partial charge is 0.244 e. The van der Waals surface area contributed by atoms with E-state index in [1.165, 1.54) is 5.56 Å². The zero-order valence-electron chi connectivity index (χ0n) is 18.5. The third-order valence-electron chi connectivity index (χ3n) is 5.39. The molecule has 2 aromatic carbocycles. The van der Waals surface area contributed by atoms with Gasteiger partial charge in [-0.3, -0.25) is 14.0 Å². The largest absolute Gasteiger partial charge is 0.379 e. The average molecular weight is 480 g/mol. The van der Waals surface area contributed by atoms with Crippen LogP contribution in [0.3, 0.4) is 0 Å². The highest BCUT2D eigenvalue weighted by Crippen LogP contribution is 2.25. The molecule has 9 heteroatoms. The van der Waals surface area contributed by atoms with Crippen LogP contribution in [0.15, 0.2) is 48.5 Å². The van der Waals surface area contributed by atoms with Gasteiger partial charge < -0.3 is 10.1 Å². The van der Waals surface area contributed by atoms with E-state index in [-0.39, 0.29) is 5.91 Å². The maximum atomic E-state index is 13.0. The topological polar surface area (TPSA) is 79.0 Å². The van der Waals surface area contributed by atoms with E-state index in [0.29, 0.717) is 23.7 Å². The van der Waals surface area contributed by atoms with Gasteiger partial charge in [-0.2, -0.15) is 0 Å². The Kier molecular flexibility index (Phi) is 8.53. The van der Waals surface area contributed by atoms with Gasteiger partial charge >= 0.3 is 0 Å². The molecule has 3 rings (SSSR count). The molecule has 0 spiro atoms. The van der Waals surface area contributed by atoms with Crippen molar-refractivity contribution in [2.75, 3.05) is 36.9 Å². The second-order valence-electron chi connectivity index (χ2n) is 7.89. The fourth-order valence-electron chi connectivity index (χ4n) is 3.76. The molecule has 1 aliphatic heterocycles. The molecular weight excluding hydrogens is 450 g/mol. The van der Waals surface area contributed by atoms with E-state index in [2.05, 4.69) is 22.3 Å². The summed E-state index contributed by atoms with van der Waals surface area (Å²) in [5.41, 5.74) is 2.53. The Balaban J connectivity index is 1.65. The van der Waals surface area contributed by atoms with Crippen molar-refractivity contribution < 1.29 is 17.9 Å². The van der Waals surface area contributed by atoms with Crippen molar-refractivity contribution in [3.05, 3.63) is 64.7 Å². The summed E-state index contributed by atoms with van der Waals surface area (Å²) in [4.78, 5) is 15.3. The first kappa shape index (κ1) is 24.5. The molecule has 1 amide bonds. The average Bonchev–Trinajstić information content (AvgIpc) is 2.76. The van der Waals surface area contributed by atoms with Crippen LogP contribution in [-0.4, -0.2) is 57.8 Å². The lowest BCUT2D eigenvalue weighted by Gasteiger charge is -2.30. The number of carbonyl (C=O) groups excluding carboxylic acids is 1. The normalized spacial score (nSPS) is 15.8. The number of amides is 1. The monoisotopic (exact) mass is 479 g/mol. The van der Waals surface area contributed by atoms with Gasteiger partial charge in [0.1, 0.15) is 6.04 Å². The highest BCUT2D eigenvalue weighted by Gasteiger charge is 2.31. The van der Waals surface area contributed by atoms with Gasteiger partial charge in [0, 0.05) is 31.2 Å². The van der Waals surface area contributed by atoms with Gasteiger partial charge in [-0.05, 0) is 35.7 Å². The zero-order chi connectivity index (χ0) is 23.1. The summed E-state index contributed by atoms with van der Waals surface area (Å²) in [5, 5.41) is 3.29. The minimum Gasteiger partial charge on any atom is -0.379 e. The van der Waals surface area contributed by atoms with Gasteiger partial charge in [0.25, 0.3) is 0 Å². The minimum absolute atomic E-state index is 0.320. The second-order valence-corrected chi connectivity index (χ2v) is 10.2. The molecule has 0 bridgehead atoms. The van der Waals surface area contributed by atoms with Gasteiger partial charge in [0.15, 0.2) is 0 Å². The zero-order valence-corrected chi connectivity index (χ0v) is 20.0. The lowest BCUT2D eigenvalue weighted by Crippen LogP contribution is -2.49. The molecule has 0 saturated carbocycles. The first-order chi connectivity index (χ1) is 15.3. The molecule has 1 aliphatic rings. The number of anilines is 1. The van der Waals surface area contributed by atoms with Gasteiger partial charge in [-0.25, -0.2) is 8.42 Å². The molecule has 1 heterocycles. The number of halogens is 1. The van der Waals surface area contributed by atoms with E-state index >= 15 is 0 Å². The van der Waals surface area contributed by atoms with E-state index < -0.39 is 16.1 Å². The molecular formula is C23H30ClN3O4S. The Morgan fingerprint density at radius 1 is 1.16 bits per heavy atom. The molecule has 1 saturated heterocycles.